The van der Waals surface area contributed by atoms with Crippen molar-refractivity contribution in [3.63, 3.8) is 0 Å². The Morgan fingerprint density at radius 1 is 1.00 bits per heavy atom. The minimum absolute atomic E-state index is 0.492. The van der Waals surface area contributed by atoms with Crippen molar-refractivity contribution in [2.75, 3.05) is 6.54 Å². The van der Waals surface area contributed by atoms with Crippen molar-refractivity contribution in [2.45, 2.75) is 65.0 Å². The lowest BCUT2D eigenvalue weighted by Gasteiger charge is -2.43. The molecule has 0 aromatic carbocycles. The first-order valence-electron chi connectivity index (χ1n) is 5.85. The molecule has 1 heteroatoms. The first-order valence-corrected chi connectivity index (χ1v) is 5.85. The van der Waals surface area contributed by atoms with E-state index in [1.807, 2.05) is 0 Å². The second-order valence-electron chi connectivity index (χ2n) is 5.85. The van der Waals surface area contributed by atoms with Crippen LogP contribution in [0.4, 0.5) is 0 Å². The molecule has 1 heterocycles. The molecule has 2 fully saturated rings. The number of hydrogen-bond acceptors (Lipinski definition) is 1. The Bertz CT molecular complexity index is 176. The van der Waals surface area contributed by atoms with Crippen molar-refractivity contribution in [1.29, 1.82) is 0 Å². The molecule has 0 aromatic heterocycles. The highest BCUT2D eigenvalue weighted by molar-refractivity contribution is 4.94. The molecule has 0 spiro atoms. The van der Waals surface area contributed by atoms with Gasteiger partial charge in [-0.05, 0) is 37.6 Å². The maximum Gasteiger partial charge on any atom is 0.0147 e. The van der Waals surface area contributed by atoms with Crippen molar-refractivity contribution in [3.05, 3.63) is 0 Å². The summed E-state index contributed by atoms with van der Waals surface area (Å²) in [7, 11) is 0. The zero-order valence-corrected chi connectivity index (χ0v) is 9.34. The lowest BCUT2D eigenvalue weighted by molar-refractivity contribution is 0.0579. The van der Waals surface area contributed by atoms with E-state index in [0.717, 1.165) is 12.1 Å². The largest absolute Gasteiger partial charge is 0.297 e. The van der Waals surface area contributed by atoms with E-state index in [-0.39, 0.29) is 0 Å². The van der Waals surface area contributed by atoms with E-state index in [0.29, 0.717) is 5.41 Å². The fraction of sp³-hybridized carbons (Fsp3) is 1.00. The van der Waals surface area contributed by atoms with E-state index in [2.05, 4.69) is 25.7 Å². The molecule has 0 unspecified atom stereocenters. The van der Waals surface area contributed by atoms with Crippen LogP contribution in [0.15, 0.2) is 0 Å². The summed E-state index contributed by atoms with van der Waals surface area (Å²) in [6.45, 7) is 8.56. The maximum atomic E-state index is 2.80. The quantitative estimate of drug-likeness (QED) is 0.601. The summed E-state index contributed by atoms with van der Waals surface area (Å²) in [5.74, 6) is 0. The lowest BCUT2D eigenvalue weighted by atomic mass is 9.82. The summed E-state index contributed by atoms with van der Waals surface area (Å²) in [5, 5.41) is 0. The molecule has 0 bridgehead atoms. The standard InChI is InChI=1S/C12H23N/c1-12(2,3)11-8-5-9-13(11)10-6-4-7-10/h10-11H,4-9H2,1-3H3/t11-/m0/s1. The number of rotatable bonds is 1. The van der Waals surface area contributed by atoms with Crippen LogP contribution < -0.4 is 0 Å². The molecule has 0 amide bonds. The van der Waals surface area contributed by atoms with Gasteiger partial charge in [-0.25, -0.2) is 0 Å². The van der Waals surface area contributed by atoms with E-state index < -0.39 is 0 Å². The zero-order valence-electron chi connectivity index (χ0n) is 9.34. The third-order valence-corrected chi connectivity index (χ3v) is 3.84. The molecule has 13 heavy (non-hydrogen) atoms. The molecule has 1 nitrogen and oxygen atoms in total. The molecule has 2 rings (SSSR count). The Labute approximate surface area is 82.5 Å². The highest BCUT2D eigenvalue weighted by Crippen LogP contribution is 2.38. The SMILES string of the molecule is CC(C)(C)[C@@H]1CCCN1C1CCC1. The van der Waals surface area contributed by atoms with Crippen LogP contribution in [0.3, 0.4) is 0 Å². The van der Waals surface area contributed by atoms with Crippen molar-refractivity contribution < 1.29 is 0 Å². The van der Waals surface area contributed by atoms with Gasteiger partial charge in [0.25, 0.3) is 0 Å². The fourth-order valence-electron chi connectivity index (χ4n) is 2.87. The van der Waals surface area contributed by atoms with Crippen LogP contribution in [-0.2, 0) is 0 Å². The molecular formula is C12H23N. The smallest absolute Gasteiger partial charge is 0.0147 e. The van der Waals surface area contributed by atoms with Crippen molar-refractivity contribution in [1.82, 2.24) is 4.90 Å². The van der Waals surface area contributed by atoms with Gasteiger partial charge in [-0.15, -0.1) is 0 Å². The maximum absolute atomic E-state index is 2.80. The van der Waals surface area contributed by atoms with Crippen LogP contribution in [0, 0.1) is 5.41 Å². The Hall–Kier alpha value is -0.0400. The summed E-state index contributed by atoms with van der Waals surface area (Å²) in [6.07, 6.45) is 7.26. The average molecular weight is 181 g/mol. The van der Waals surface area contributed by atoms with Gasteiger partial charge in [-0.3, -0.25) is 4.90 Å². The number of likely N-dealkylation sites (tertiary alicyclic amines) is 1. The Balaban J connectivity index is 2.01. The van der Waals surface area contributed by atoms with E-state index in [1.54, 1.807) is 0 Å². The molecular weight excluding hydrogens is 158 g/mol. The molecule has 1 saturated carbocycles. The van der Waals surface area contributed by atoms with E-state index in [1.165, 1.54) is 38.6 Å². The highest BCUT2D eigenvalue weighted by atomic mass is 15.2. The third kappa shape index (κ3) is 1.76. The average Bonchev–Trinajstić information content (AvgIpc) is 2.29. The van der Waals surface area contributed by atoms with E-state index in [9.17, 15) is 0 Å². The minimum atomic E-state index is 0.492. The fourth-order valence-corrected chi connectivity index (χ4v) is 2.87. The van der Waals surface area contributed by atoms with Gasteiger partial charge in [0.05, 0.1) is 0 Å². The molecule has 0 aromatic rings. The zero-order chi connectivity index (χ0) is 9.47. The van der Waals surface area contributed by atoms with E-state index >= 15 is 0 Å². The summed E-state index contributed by atoms with van der Waals surface area (Å²) >= 11 is 0. The minimum Gasteiger partial charge on any atom is -0.297 e. The second kappa shape index (κ2) is 3.27. The van der Waals surface area contributed by atoms with Crippen LogP contribution >= 0.6 is 0 Å². The number of hydrogen-bond donors (Lipinski definition) is 0. The van der Waals surface area contributed by atoms with Crippen LogP contribution in [0.5, 0.6) is 0 Å². The van der Waals surface area contributed by atoms with Crippen molar-refractivity contribution >= 4 is 0 Å². The molecule has 1 saturated heterocycles. The first-order chi connectivity index (χ1) is 6.09. The van der Waals surface area contributed by atoms with Gasteiger partial charge in [-0.1, -0.05) is 27.2 Å². The van der Waals surface area contributed by atoms with E-state index in [4.69, 9.17) is 0 Å². The van der Waals surface area contributed by atoms with Crippen molar-refractivity contribution in [2.24, 2.45) is 5.41 Å². The van der Waals surface area contributed by atoms with Gasteiger partial charge in [-0.2, -0.15) is 0 Å². The first kappa shape index (κ1) is 9.51. The lowest BCUT2D eigenvalue weighted by Crippen LogP contribution is -2.48. The molecule has 0 radical (unpaired) electrons. The normalized spacial score (nSPS) is 32.1. The highest BCUT2D eigenvalue weighted by Gasteiger charge is 2.39. The Morgan fingerprint density at radius 2 is 1.69 bits per heavy atom. The predicted molar refractivity (Wildman–Crippen MR) is 56.8 cm³/mol. The molecule has 1 aliphatic heterocycles. The van der Waals surface area contributed by atoms with Crippen LogP contribution in [0.2, 0.25) is 0 Å². The van der Waals surface area contributed by atoms with Gasteiger partial charge in [0.1, 0.15) is 0 Å². The molecule has 2 aliphatic rings. The van der Waals surface area contributed by atoms with Crippen LogP contribution in [0.1, 0.15) is 52.9 Å². The van der Waals surface area contributed by atoms with Gasteiger partial charge in [0.2, 0.25) is 0 Å². The van der Waals surface area contributed by atoms with Gasteiger partial charge in [0.15, 0.2) is 0 Å². The predicted octanol–water partition coefficient (Wildman–Crippen LogP) is 3.05. The summed E-state index contributed by atoms with van der Waals surface area (Å²) in [6, 6.07) is 1.81. The van der Waals surface area contributed by atoms with Crippen LogP contribution in [-0.4, -0.2) is 23.5 Å². The van der Waals surface area contributed by atoms with Gasteiger partial charge in [0, 0.05) is 12.1 Å². The third-order valence-electron chi connectivity index (χ3n) is 3.84. The monoisotopic (exact) mass is 181 g/mol. The van der Waals surface area contributed by atoms with Crippen LogP contribution in [0.25, 0.3) is 0 Å². The summed E-state index contributed by atoms with van der Waals surface area (Å²) < 4.78 is 0. The number of nitrogens with zero attached hydrogens (tertiary/aromatic N) is 1. The summed E-state index contributed by atoms with van der Waals surface area (Å²) in [5.41, 5.74) is 0.492. The summed E-state index contributed by atoms with van der Waals surface area (Å²) in [4.78, 5) is 2.80. The molecule has 1 atom stereocenters. The van der Waals surface area contributed by atoms with Gasteiger partial charge < -0.3 is 0 Å². The molecule has 76 valence electrons. The van der Waals surface area contributed by atoms with Gasteiger partial charge >= 0.3 is 0 Å². The second-order valence-corrected chi connectivity index (χ2v) is 5.85. The molecule has 0 N–H and O–H groups in total. The topological polar surface area (TPSA) is 3.24 Å². The Kier molecular flexibility index (Phi) is 2.39. The Morgan fingerprint density at radius 3 is 2.15 bits per heavy atom. The van der Waals surface area contributed by atoms with Crippen molar-refractivity contribution in [3.8, 4) is 0 Å². The molecule has 1 aliphatic carbocycles.